The molecule has 2 rings (SSSR count). The maximum atomic E-state index is 12.3. The minimum absolute atomic E-state index is 0.242. The third kappa shape index (κ3) is 4.27. The Morgan fingerprint density at radius 2 is 1.72 bits per heavy atom. The van der Waals surface area contributed by atoms with Crippen LogP contribution in [-0.4, -0.2) is 24.5 Å². The number of carbonyl (C=O) groups excluding carboxylic acids is 1. The fraction of sp³-hybridized carbons (Fsp3) is 0.933. The number of nitrogens with one attached hydrogen (secondary N) is 2. The molecular formula is C15H28N2O. The first-order valence-corrected chi connectivity index (χ1v) is 7.79. The molecule has 0 spiro atoms. The van der Waals surface area contributed by atoms with Crippen LogP contribution in [-0.2, 0) is 4.79 Å². The summed E-state index contributed by atoms with van der Waals surface area (Å²) < 4.78 is 0. The number of piperidine rings is 1. The van der Waals surface area contributed by atoms with E-state index in [9.17, 15) is 4.79 Å². The van der Waals surface area contributed by atoms with Gasteiger partial charge in [0.15, 0.2) is 0 Å². The minimum Gasteiger partial charge on any atom is -0.353 e. The Labute approximate surface area is 111 Å². The molecule has 104 valence electrons. The zero-order chi connectivity index (χ0) is 12.8. The van der Waals surface area contributed by atoms with Gasteiger partial charge < -0.3 is 10.6 Å². The number of rotatable bonds is 2. The van der Waals surface area contributed by atoms with Crippen molar-refractivity contribution in [3.05, 3.63) is 0 Å². The van der Waals surface area contributed by atoms with Crippen molar-refractivity contribution in [2.45, 2.75) is 76.8 Å². The second-order valence-electron chi connectivity index (χ2n) is 6.13. The lowest BCUT2D eigenvalue weighted by Crippen LogP contribution is -2.45. The predicted molar refractivity (Wildman–Crippen MR) is 74.4 cm³/mol. The monoisotopic (exact) mass is 252 g/mol. The molecule has 0 unspecified atom stereocenters. The third-order valence-electron chi connectivity index (χ3n) is 4.45. The molecule has 1 saturated carbocycles. The van der Waals surface area contributed by atoms with Crippen LogP contribution in [0.1, 0.15) is 64.7 Å². The normalized spacial score (nSPS) is 31.4. The first kappa shape index (κ1) is 13.9. The van der Waals surface area contributed by atoms with Gasteiger partial charge in [-0.15, -0.1) is 0 Å². The van der Waals surface area contributed by atoms with E-state index in [1.54, 1.807) is 0 Å². The SMILES string of the molecule is C[C@H]1C[C@@H](C(=O)NC2CCCCCCC2)CCN1. The van der Waals surface area contributed by atoms with Gasteiger partial charge in [0.2, 0.25) is 5.91 Å². The smallest absolute Gasteiger partial charge is 0.223 e. The molecule has 0 aromatic carbocycles. The summed E-state index contributed by atoms with van der Waals surface area (Å²) in [7, 11) is 0. The second kappa shape index (κ2) is 7.13. The van der Waals surface area contributed by atoms with E-state index >= 15 is 0 Å². The number of amides is 1. The summed E-state index contributed by atoms with van der Waals surface area (Å²) in [6.07, 6.45) is 11.0. The Kier molecular flexibility index (Phi) is 5.48. The van der Waals surface area contributed by atoms with Crippen molar-refractivity contribution in [1.29, 1.82) is 0 Å². The van der Waals surface area contributed by atoms with Crippen LogP contribution in [0.15, 0.2) is 0 Å². The molecule has 1 aliphatic carbocycles. The van der Waals surface area contributed by atoms with E-state index in [0.717, 1.165) is 19.4 Å². The summed E-state index contributed by atoms with van der Waals surface area (Å²) in [5, 5.41) is 6.72. The van der Waals surface area contributed by atoms with Crippen LogP contribution in [0, 0.1) is 5.92 Å². The lowest BCUT2D eigenvalue weighted by Gasteiger charge is -2.29. The average molecular weight is 252 g/mol. The molecule has 1 amide bonds. The second-order valence-corrected chi connectivity index (χ2v) is 6.13. The van der Waals surface area contributed by atoms with Gasteiger partial charge in [-0.25, -0.2) is 0 Å². The van der Waals surface area contributed by atoms with Crippen molar-refractivity contribution >= 4 is 5.91 Å². The molecule has 2 aliphatic rings. The van der Waals surface area contributed by atoms with Crippen molar-refractivity contribution in [3.63, 3.8) is 0 Å². The van der Waals surface area contributed by atoms with E-state index in [1.807, 2.05) is 0 Å². The van der Waals surface area contributed by atoms with Gasteiger partial charge >= 0.3 is 0 Å². The molecule has 3 heteroatoms. The van der Waals surface area contributed by atoms with Gasteiger partial charge in [0.1, 0.15) is 0 Å². The van der Waals surface area contributed by atoms with Gasteiger partial charge in [-0.05, 0) is 39.2 Å². The van der Waals surface area contributed by atoms with Crippen molar-refractivity contribution in [3.8, 4) is 0 Å². The maximum Gasteiger partial charge on any atom is 0.223 e. The first-order chi connectivity index (χ1) is 8.75. The van der Waals surface area contributed by atoms with Crippen LogP contribution in [0.3, 0.4) is 0 Å². The molecule has 1 heterocycles. The standard InChI is InChI=1S/C15H28N2O/c1-12-11-13(9-10-16-12)15(18)17-14-7-5-3-2-4-6-8-14/h12-14,16H,2-11H2,1H3,(H,17,18)/t12-,13-/m0/s1. The third-order valence-corrected chi connectivity index (χ3v) is 4.45. The van der Waals surface area contributed by atoms with Crippen LogP contribution in [0.2, 0.25) is 0 Å². The lowest BCUT2D eigenvalue weighted by molar-refractivity contribution is -0.126. The molecule has 3 nitrogen and oxygen atoms in total. The van der Waals surface area contributed by atoms with Gasteiger partial charge in [0.25, 0.3) is 0 Å². The number of hydrogen-bond acceptors (Lipinski definition) is 2. The highest BCUT2D eigenvalue weighted by Crippen LogP contribution is 2.20. The van der Waals surface area contributed by atoms with Crippen LogP contribution in [0.25, 0.3) is 0 Å². The highest BCUT2D eigenvalue weighted by atomic mass is 16.1. The molecule has 2 fully saturated rings. The Balaban J connectivity index is 1.77. The molecule has 0 aromatic heterocycles. The molecule has 2 atom stereocenters. The summed E-state index contributed by atoms with van der Waals surface area (Å²) in [5.41, 5.74) is 0. The molecule has 0 aromatic rings. The molecule has 0 radical (unpaired) electrons. The predicted octanol–water partition coefficient (Wildman–Crippen LogP) is 2.60. The van der Waals surface area contributed by atoms with Crippen LogP contribution >= 0.6 is 0 Å². The number of carbonyl (C=O) groups is 1. The van der Waals surface area contributed by atoms with E-state index in [1.165, 1.54) is 44.9 Å². The molecule has 0 bridgehead atoms. The number of hydrogen-bond donors (Lipinski definition) is 2. The topological polar surface area (TPSA) is 41.1 Å². The summed E-state index contributed by atoms with van der Waals surface area (Å²) in [6.45, 7) is 3.17. The van der Waals surface area contributed by atoms with Gasteiger partial charge in [-0.3, -0.25) is 4.79 Å². The van der Waals surface area contributed by atoms with E-state index in [2.05, 4.69) is 17.6 Å². The summed E-state index contributed by atoms with van der Waals surface area (Å²) in [4.78, 5) is 12.3. The Morgan fingerprint density at radius 3 is 2.39 bits per heavy atom. The first-order valence-electron chi connectivity index (χ1n) is 7.79. The van der Waals surface area contributed by atoms with Crippen molar-refractivity contribution in [1.82, 2.24) is 10.6 Å². The van der Waals surface area contributed by atoms with Gasteiger partial charge in [0.05, 0.1) is 0 Å². The molecule has 18 heavy (non-hydrogen) atoms. The average Bonchev–Trinajstić information content (AvgIpc) is 2.32. The van der Waals surface area contributed by atoms with Crippen molar-refractivity contribution in [2.24, 2.45) is 5.92 Å². The highest BCUT2D eigenvalue weighted by Gasteiger charge is 2.26. The summed E-state index contributed by atoms with van der Waals surface area (Å²) >= 11 is 0. The van der Waals surface area contributed by atoms with E-state index in [0.29, 0.717) is 18.0 Å². The quantitative estimate of drug-likeness (QED) is 0.793. The summed E-state index contributed by atoms with van der Waals surface area (Å²) in [6, 6.07) is 0.940. The van der Waals surface area contributed by atoms with Crippen LogP contribution in [0.5, 0.6) is 0 Å². The zero-order valence-electron chi connectivity index (χ0n) is 11.7. The lowest BCUT2D eigenvalue weighted by atomic mass is 9.91. The van der Waals surface area contributed by atoms with E-state index < -0.39 is 0 Å². The van der Waals surface area contributed by atoms with Gasteiger partial charge in [-0.2, -0.15) is 0 Å². The fourth-order valence-electron chi connectivity index (χ4n) is 3.29. The Bertz CT molecular complexity index is 259. The minimum atomic E-state index is 0.242. The van der Waals surface area contributed by atoms with E-state index in [-0.39, 0.29) is 5.92 Å². The van der Waals surface area contributed by atoms with Gasteiger partial charge in [0, 0.05) is 18.0 Å². The molecular weight excluding hydrogens is 224 g/mol. The molecule has 1 aliphatic heterocycles. The van der Waals surface area contributed by atoms with Crippen LogP contribution in [0.4, 0.5) is 0 Å². The van der Waals surface area contributed by atoms with Crippen LogP contribution < -0.4 is 10.6 Å². The van der Waals surface area contributed by atoms with E-state index in [4.69, 9.17) is 0 Å². The summed E-state index contributed by atoms with van der Waals surface area (Å²) in [5.74, 6) is 0.556. The Hall–Kier alpha value is -0.570. The highest BCUT2D eigenvalue weighted by molar-refractivity contribution is 5.79. The van der Waals surface area contributed by atoms with Crippen molar-refractivity contribution in [2.75, 3.05) is 6.54 Å². The molecule has 1 saturated heterocycles. The zero-order valence-corrected chi connectivity index (χ0v) is 11.7. The molecule has 2 N–H and O–H groups in total. The Morgan fingerprint density at radius 1 is 1.06 bits per heavy atom. The maximum absolute atomic E-state index is 12.3. The largest absolute Gasteiger partial charge is 0.353 e. The van der Waals surface area contributed by atoms with Gasteiger partial charge in [-0.1, -0.05) is 32.1 Å². The van der Waals surface area contributed by atoms with Crippen molar-refractivity contribution < 1.29 is 4.79 Å². The fourth-order valence-corrected chi connectivity index (χ4v) is 3.29.